The summed E-state index contributed by atoms with van der Waals surface area (Å²) in [5.41, 5.74) is -0.712. The molecule has 1 aliphatic heterocycles. The van der Waals surface area contributed by atoms with E-state index < -0.39 is 22.5 Å². The highest BCUT2D eigenvalue weighted by molar-refractivity contribution is 5.98. The van der Waals surface area contributed by atoms with Gasteiger partial charge in [-0.1, -0.05) is 0 Å². The lowest BCUT2D eigenvalue weighted by Crippen LogP contribution is -2.51. The van der Waals surface area contributed by atoms with Crippen LogP contribution in [0.5, 0.6) is 0 Å². The number of ether oxygens (including phenoxy) is 1. The number of rotatable bonds is 3. The molecule has 1 N–H and O–H groups in total. The molecule has 8 heteroatoms. The largest absolute Gasteiger partial charge is 0.478 e. The van der Waals surface area contributed by atoms with Crippen LogP contribution in [0.25, 0.3) is 0 Å². The second-order valence-electron chi connectivity index (χ2n) is 5.15. The van der Waals surface area contributed by atoms with Crippen LogP contribution in [0.15, 0.2) is 18.2 Å². The number of hydrogen-bond acceptors (Lipinski definition) is 5. The molecule has 0 aliphatic carbocycles. The van der Waals surface area contributed by atoms with Crippen LogP contribution in [0.3, 0.4) is 0 Å². The topological polar surface area (TPSA) is 110 Å². The number of amides is 1. The van der Waals surface area contributed by atoms with Crippen LogP contribution in [-0.4, -0.2) is 52.1 Å². The summed E-state index contributed by atoms with van der Waals surface area (Å²) >= 11 is 0. The van der Waals surface area contributed by atoms with Gasteiger partial charge in [0.25, 0.3) is 11.6 Å². The van der Waals surface area contributed by atoms with Gasteiger partial charge in [-0.25, -0.2) is 4.79 Å². The van der Waals surface area contributed by atoms with E-state index in [1.54, 1.807) is 4.90 Å². The van der Waals surface area contributed by atoms with Gasteiger partial charge in [-0.2, -0.15) is 0 Å². The first-order valence-electron chi connectivity index (χ1n) is 6.76. The third-order valence-electron chi connectivity index (χ3n) is 3.77. The molecule has 0 aromatic heterocycles. The quantitative estimate of drug-likeness (QED) is 0.670. The van der Waals surface area contributed by atoms with Gasteiger partial charge in [0.1, 0.15) is 0 Å². The Morgan fingerprint density at radius 2 is 1.95 bits per heavy atom. The fraction of sp³-hybridized carbons (Fsp3) is 0.429. The van der Waals surface area contributed by atoms with Gasteiger partial charge in [0, 0.05) is 24.2 Å². The number of nitro benzene ring substituents is 1. The van der Waals surface area contributed by atoms with Gasteiger partial charge < -0.3 is 14.7 Å². The molecule has 1 aliphatic rings. The number of carboxylic acids is 1. The zero-order chi connectivity index (χ0) is 16.4. The molecule has 2 atom stereocenters. The molecule has 118 valence electrons. The zero-order valence-electron chi connectivity index (χ0n) is 12.2. The Labute approximate surface area is 126 Å². The third kappa shape index (κ3) is 3.06. The lowest BCUT2D eigenvalue weighted by molar-refractivity contribution is -0.384. The number of nitrogens with zero attached hydrogens (tertiary/aromatic N) is 2. The molecular weight excluding hydrogens is 292 g/mol. The molecule has 8 nitrogen and oxygen atoms in total. The molecule has 1 saturated heterocycles. The van der Waals surface area contributed by atoms with Crippen LogP contribution in [0.2, 0.25) is 0 Å². The predicted octanol–water partition coefficient (Wildman–Crippen LogP) is 1.54. The summed E-state index contributed by atoms with van der Waals surface area (Å²) in [6.07, 6.45) is -0.157. The molecule has 1 aromatic rings. The fourth-order valence-electron chi connectivity index (χ4n) is 2.35. The van der Waals surface area contributed by atoms with Gasteiger partial charge in [0.15, 0.2) is 0 Å². The fourth-order valence-corrected chi connectivity index (χ4v) is 2.35. The highest BCUT2D eigenvalue weighted by atomic mass is 16.6. The van der Waals surface area contributed by atoms with Crippen molar-refractivity contribution < 1.29 is 24.4 Å². The van der Waals surface area contributed by atoms with Crippen molar-refractivity contribution >= 4 is 17.6 Å². The zero-order valence-corrected chi connectivity index (χ0v) is 12.2. The maximum Gasteiger partial charge on any atom is 0.335 e. The molecule has 0 radical (unpaired) electrons. The smallest absolute Gasteiger partial charge is 0.335 e. The standard InChI is InChI=1S/C14H16N2O6/c1-8-9(2)22-4-3-15(8)13(17)10-5-11(14(18)19)7-12(6-10)16(20)21/h5-9H,3-4H2,1-2H3,(H,18,19). The highest BCUT2D eigenvalue weighted by Gasteiger charge is 2.31. The molecule has 1 heterocycles. The van der Waals surface area contributed by atoms with Crippen molar-refractivity contribution in [2.24, 2.45) is 0 Å². The Morgan fingerprint density at radius 3 is 2.55 bits per heavy atom. The van der Waals surface area contributed by atoms with Crippen LogP contribution in [0.4, 0.5) is 5.69 Å². The molecule has 1 aromatic carbocycles. The molecular formula is C14H16N2O6. The number of morpholine rings is 1. The van der Waals surface area contributed by atoms with Crippen LogP contribution in [0.1, 0.15) is 34.6 Å². The van der Waals surface area contributed by atoms with Crippen LogP contribution in [0, 0.1) is 10.1 Å². The molecule has 0 spiro atoms. The minimum absolute atomic E-state index is 0.00690. The van der Waals surface area contributed by atoms with E-state index in [0.29, 0.717) is 13.2 Å². The van der Waals surface area contributed by atoms with E-state index in [2.05, 4.69) is 0 Å². The lowest BCUT2D eigenvalue weighted by Gasteiger charge is -2.37. The molecule has 0 bridgehead atoms. The molecule has 1 amide bonds. The number of nitro groups is 1. The monoisotopic (exact) mass is 308 g/mol. The lowest BCUT2D eigenvalue weighted by atomic mass is 10.1. The van der Waals surface area contributed by atoms with E-state index in [4.69, 9.17) is 9.84 Å². The number of carbonyl (C=O) groups is 2. The SMILES string of the molecule is CC1OCCN(C(=O)c2cc(C(=O)O)cc([N+](=O)[O-])c2)C1C. The van der Waals surface area contributed by atoms with Crippen molar-refractivity contribution in [3.05, 3.63) is 39.4 Å². The Balaban J connectivity index is 2.40. The van der Waals surface area contributed by atoms with Crippen LogP contribution < -0.4 is 0 Å². The average molecular weight is 308 g/mol. The number of hydrogen-bond donors (Lipinski definition) is 1. The molecule has 0 saturated carbocycles. The van der Waals surface area contributed by atoms with E-state index in [1.807, 2.05) is 13.8 Å². The van der Waals surface area contributed by atoms with Gasteiger partial charge in [-0.15, -0.1) is 0 Å². The van der Waals surface area contributed by atoms with Crippen LogP contribution in [-0.2, 0) is 4.74 Å². The number of aromatic carboxylic acids is 1. The van der Waals surface area contributed by atoms with E-state index in [-0.39, 0.29) is 23.3 Å². The second-order valence-corrected chi connectivity index (χ2v) is 5.15. The summed E-state index contributed by atoms with van der Waals surface area (Å²) in [6.45, 7) is 4.38. The van der Waals surface area contributed by atoms with Crippen molar-refractivity contribution in [2.75, 3.05) is 13.2 Å². The minimum atomic E-state index is -1.32. The second kappa shape index (κ2) is 6.10. The number of carboxylic acid groups (broad SMARTS) is 1. The summed E-state index contributed by atoms with van der Waals surface area (Å²) in [5.74, 6) is -1.75. The predicted molar refractivity (Wildman–Crippen MR) is 76.0 cm³/mol. The van der Waals surface area contributed by atoms with Crippen molar-refractivity contribution in [3.8, 4) is 0 Å². The highest BCUT2D eigenvalue weighted by Crippen LogP contribution is 2.22. The van der Waals surface area contributed by atoms with Crippen molar-refractivity contribution in [1.29, 1.82) is 0 Å². The number of non-ortho nitro benzene ring substituents is 1. The first-order valence-corrected chi connectivity index (χ1v) is 6.76. The summed E-state index contributed by atoms with van der Waals surface area (Å²) in [4.78, 5) is 35.4. The van der Waals surface area contributed by atoms with Crippen molar-refractivity contribution in [1.82, 2.24) is 4.90 Å². The number of carbonyl (C=O) groups excluding carboxylic acids is 1. The van der Waals surface area contributed by atoms with Gasteiger partial charge in [-0.05, 0) is 19.9 Å². The maximum absolute atomic E-state index is 12.6. The Morgan fingerprint density at radius 1 is 1.32 bits per heavy atom. The summed E-state index contributed by atoms with van der Waals surface area (Å²) in [5, 5.41) is 19.9. The normalized spacial score (nSPS) is 21.5. The Kier molecular flexibility index (Phi) is 4.41. The van der Waals surface area contributed by atoms with E-state index in [9.17, 15) is 19.7 Å². The first kappa shape index (κ1) is 15.9. The third-order valence-corrected chi connectivity index (χ3v) is 3.77. The Hall–Kier alpha value is -2.48. The first-order chi connectivity index (χ1) is 10.3. The van der Waals surface area contributed by atoms with E-state index >= 15 is 0 Å². The van der Waals surface area contributed by atoms with Gasteiger partial charge in [0.05, 0.1) is 29.2 Å². The van der Waals surface area contributed by atoms with Crippen molar-refractivity contribution in [2.45, 2.75) is 26.0 Å². The van der Waals surface area contributed by atoms with E-state index in [0.717, 1.165) is 18.2 Å². The van der Waals surface area contributed by atoms with Crippen molar-refractivity contribution in [3.63, 3.8) is 0 Å². The molecule has 1 fully saturated rings. The maximum atomic E-state index is 12.6. The molecule has 22 heavy (non-hydrogen) atoms. The minimum Gasteiger partial charge on any atom is -0.478 e. The Bertz CT molecular complexity index is 598. The summed E-state index contributed by atoms with van der Waals surface area (Å²) < 4.78 is 5.43. The van der Waals surface area contributed by atoms with Gasteiger partial charge in [-0.3, -0.25) is 14.9 Å². The van der Waals surface area contributed by atoms with Crippen LogP contribution >= 0.6 is 0 Å². The number of benzene rings is 1. The van der Waals surface area contributed by atoms with E-state index in [1.165, 1.54) is 0 Å². The van der Waals surface area contributed by atoms with Gasteiger partial charge >= 0.3 is 5.97 Å². The summed E-state index contributed by atoms with van der Waals surface area (Å²) in [7, 11) is 0. The molecule has 2 rings (SSSR count). The van der Waals surface area contributed by atoms with Gasteiger partial charge in [0.2, 0.25) is 0 Å². The molecule has 2 unspecified atom stereocenters. The average Bonchev–Trinajstić information content (AvgIpc) is 2.48. The summed E-state index contributed by atoms with van der Waals surface area (Å²) in [6, 6.07) is 2.99.